The van der Waals surface area contributed by atoms with Gasteiger partial charge in [-0.25, -0.2) is 4.79 Å². The molecule has 2 heterocycles. The first-order valence-electron chi connectivity index (χ1n) is 4.97. The largest absolute Gasteiger partial charge is 0.452 e. The van der Waals surface area contributed by atoms with E-state index in [0.717, 1.165) is 10.2 Å². The third-order valence-electron chi connectivity index (χ3n) is 2.48. The third kappa shape index (κ3) is 2.52. The zero-order valence-electron chi connectivity index (χ0n) is 9.33. The van der Waals surface area contributed by atoms with Crippen LogP contribution in [0.25, 0.3) is 0 Å². The van der Waals surface area contributed by atoms with Crippen molar-refractivity contribution in [1.29, 1.82) is 0 Å². The smallest absolute Gasteiger partial charge is 0.348 e. The Kier molecular flexibility index (Phi) is 3.53. The number of furan rings is 1. The van der Waals surface area contributed by atoms with Gasteiger partial charge in [0.15, 0.2) is 4.67 Å². The van der Waals surface area contributed by atoms with Gasteiger partial charge >= 0.3 is 5.69 Å². The van der Waals surface area contributed by atoms with E-state index in [1.807, 2.05) is 13.0 Å². The SMILES string of the molecule is Cc1nc(=O)n(Cc2ccc(Br)o2)c(C)c1Br. The van der Waals surface area contributed by atoms with Crippen molar-refractivity contribution in [3.8, 4) is 0 Å². The minimum absolute atomic E-state index is 0.268. The van der Waals surface area contributed by atoms with Crippen LogP contribution in [-0.2, 0) is 6.54 Å². The predicted molar refractivity (Wildman–Crippen MR) is 71.2 cm³/mol. The molecule has 6 heteroatoms. The maximum Gasteiger partial charge on any atom is 0.348 e. The summed E-state index contributed by atoms with van der Waals surface area (Å²) in [4.78, 5) is 15.7. The molecule has 4 nitrogen and oxygen atoms in total. The van der Waals surface area contributed by atoms with Crippen LogP contribution in [0.3, 0.4) is 0 Å². The maximum absolute atomic E-state index is 11.8. The maximum atomic E-state index is 11.8. The van der Waals surface area contributed by atoms with E-state index < -0.39 is 0 Å². The molecule has 0 spiro atoms. The van der Waals surface area contributed by atoms with Gasteiger partial charge in [-0.05, 0) is 57.8 Å². The molecular formula is C11H10Br2N2O2. The number of hydrogen-bond donors (Lipinski definition) is 0. The van der Waals surface area contributed by atoms with Gasteiger partial charge < -0.3 is 4.42 Å². The van der Waals surface area contributed by atoms with Crippen molar-refractivity contribution < 1.29 is 4.42 Å². The lowest BCUT2D eigenvalue weighted by atomic mass is 10.3. The van der Waals surface area contributed by atoms with E-state index in [0.29, 0.717) is 22.7 Å². The summed E-state index contributed by atoms with van der Waals surface area (Å²) in [6, 6.07) is 3.62. The summed E-state index contributed by atoms with van der Waals surface area (Å²) in [5, 5.41) is 0. The van der Waals surface area contributed by atoms with Crippen LogP contribution in [-0.4, -0.2) is 9.55 Å². The summed E-state index contributed by atoms with van der Waals surface area (Å²) in [5.74, 6) is 0.708. The highest BCUT2D eigenvalue weighted by molar-refractivity contribution is 9.10. The molecule has 0 atom stereocenters. The molecule has 0 saturated heterocycles. The Hall–Kier alpha value is -0.880. The zero-order valence-corrected chi connectivity index (χ0v) is 12.5. The summed E-state index contributed by atoms with van der Waals surface area (Å²) in [6.45, 7) is 4.05. The highest BCUT2D eigenvalue weighted by Crippen LogP contribution is 2.19. The second-order valence-electron chi connectivity index (χ2n) is 3.67. The van der Waals surface area contributed by atoms with Gasteiger partial charge in [-0.3, -0.25) is 4.57 Å². The summed E-state index contributed by atoms with van der Waals surface area (Å²) in [7, 11) is 0. The van der Waals surface area contributed by atoms with E-state index in [1.54, 1.807) is 17.6 Å². The van der Waals surface area contributed by atoms with Gasteiger partial charge in [-0.2, -0.15) is 4.98 Å². The molecule has 0 radical (unpaired) electrons. The van der Waals surface area contributed by atoms with Gasteiger partial charge in [0.25, 0.3) is 0 Å². The first-order chi connectivity index (χ1) is 7.99. The van der Waals surface area contributed by atoms with Crippen LogP contribution in [0.2, 0.25) is 0 Å². The van der Waals surface area contributed by atoms with Gasteiger partial charge in [0.2, 0.25) is 0 Å². The highest BCUT2D eigenvalue weighted by Gasteiger charge is 2.11. The van der Waals surface area contributed by atoms with Crippen molar-refractivity contribution >= 4 is 31.9 Å². The Labute approximate surface area is 115 Å². The Morgan fingerprint density at radius 1 is 1.35 bits per heavy atom. The quantitative estimate of drug-likeness (QED) is 0.826. The lowest BCUT2D eigenvalue weighted by molar-refractivity contribution is 0.465. The predicted octanol–water partition coefficient (Wildman–Crippen LogP) is 3.03. The zero-order chi connectivity index (χ0) is 12.6. The fourth-order valence-corrected chi connectivity index (χ4v) is 2.20. The molecule has 0 aliphatic carbocycles. The molecule has 0 aromatic carbocycles. The van der Waals surface area contributed by atoms with Crippen molar-refractivity contribution in [2.24, 2.45) is 0 Å². The third-order valence-corrected chi connectivity index (χ3v) is 4.05. The first kappa shape index (κ1) is 12.6. The Morgan fingerprint density at radius 2 is 2.06 bits per heavy atom. The van der Waals surface area contributed by atoms with Crippen molar-refractivity contribution in [2.45, 2.75) is 20.4 Å². The summed E-state index contributed by atoms with van der Waals surface area (Å²) in [6.07, 6.45) is 0. The highest BCUT2D eigenvalue weighted by atomic mass is 79.9. The monoisotopic (exact) mass is 360 g/mol. The van der Waals surface area contributed by atoms with Crippen molar-refractivity contribution in [1.82, 2.24) is 9.55 Å². The second kappa shape index (κ2) is 4.78. The van der Waals surface area contributed by atoms with Crippen molar-refractivity contribution in [2.75, 3.05) is 0 Å². The standard InChI is InChI=1S/C11H10Br2N2O2/c1-6-10(13)7(2)15(11(16)14-6)5-8-3-4-9(12)17-8/h3-4H,5H2,1-2H3. The van der Waals surface area contributed by atoms with Gasteiger partial charge in [0.1, 0.15) is 5.76 Å². The molecule has 0 aliphatic heterocycles. The molecule has 2 rings (SSSR count). The molecule has 2 aromatic heterocycles. The molecule has 0 saturated carbocycles. The Balaban J connectivity index is 2.46. The van der Waals surface area contributed by atoms with E-state index in [-0.39, 0.29) is 5.69 Å². The van der Waals surface area contributed by atoms with Crippen molar-refractivity contribution in [3.63, 3.8) is 0 Å². The molecule has 0 N–H and O–H groups in total. The molecule has 0 unspecified atom stereocenters. The summed E-state index contributed by atoms with van der Waals surface area (Å²) < 4.78 is 8.45. The topological polar surface area (TPSA) is 48.0 Å². The van der Waals surface area contributed by atoms with E-state index in [2.05, 4.69) is 36.8 Å². The summed E-state index contributed by atoms with van der Waals surface area (Å²) in [5.41, 5.74) is 1.27. The minimum Gasteiger partial charge on any atom is -0.452 e. The van der Waals surface area contributed by atoms with E-state index in [9.17, 15) is 4.79 Å². The molecule has 0 aliphatic rings. The minimum atomic E-state index is -0.268. The lowest BCUT2D eigenvalue weighted by Gasteiger charge is -2.10. The average molecular weight is 362 g/mol. The molecule has 0 fully saturated rings. The number of hydrogen-bond acceptors (Lipinski definition) is 3. The van der Waals surface area contributed by atoms with Crippen LogP contribution in [0.4, 0.5) is 0 Å². The summed E-state index contributed by atoms with van der Waals surface area (Å²) >= 11 is 6.65. The normalized spacial score (nSPS) is 10.8. The van der Waals surface area contributed by atoms with E-state index in [4.69, 9.17) is 4.42 Å². The number of aryl methyl sites for hydroxylation is 1. The van der Waals surface area contributed by atoms with Crippen LogP contribution in [0.5, 0.6) is 0 Å². The first-order valence-corrected chi connectivity index (χ1v) is 6.55. The van der Waals surface area contributed by atoms with Gasteiger partial charge in [0.05, 0.1) is 16.7 Å². The van der Waals surface area contributed by atoms with E-state index >= 15 is 0 Å². The number of aromatic nitrogens is 2. The fourth-order valence-electron chi connectivity index (χ4n) is 1.56. The second-order valence-corrected chi connectivity index (χ2v) is 5.25. The molecule has 0 amide bonds. The van der Waals surface area contributed by atoms with Crippen LogP contribution in [0.1, 0.15) is 17.1 Å². The van der Waals surface area contributed by atoms with Crippen molar-refractivity contribution in [3.05, 3.63) is 48.9 Å². The molecule has 0 bridgehead atoms. The molecule has 17 heavy (non-hydrogen) atoms. The van der Waals surface area contributed by atoms with Gasteiger partial charge in [0, 0.05) is 5.69 Å². The number of rotatable bonds is 2. The van der Waals surface area contributed by atoms with Crippen LogP contribution >= 0.6 is 31.9 Å². The molecule has 2 aromatic rings. The number of nitrogens with zero attached hydrogens (tertiary/aromatic N) is 2. The lowest BCUT2D eigenvalue weighted by Crippen LogP contribution is -2.26. The number of halogens is 2. The Morgan fingerprint density at radius 3 is 2.65 bits per heavy atom. The van der Waals surface area contributed by atoms with Crippen LogP contribution < -0.4 is 5.69 Å². The van der Waals surface area contributed by atoms with Gasteiger partial charge in [-0.15, -0.1) is 0 Å². The van der Waals surface area contributed by atoms with Crippen LogP contribution in [0.15, 0.2) is 30.5 Å². The molecule has 90 valence electrons. The van der Waals surface area contributed by atoms with E-state index in [1.165, 1.54) is 0 Å². The average Bonchev–Trinajstić information content (AvgIpc) is 2.67. The fraction of sp³-hybridized carbons (Fsp3) is 0.273. The Bertz CT molecular complexity index is 616. The van der Waals surface area contributed by atoms with Crippen LogP contribution in [0, 0.1) is 13.8 Å². The van der Waals surface area contributed by atoms with Gasteiger partial charge in [-0.1, -0.05) is 0 Å². The molecular weight excluding hydrogens is 352 g/mol.